The highest BCUT2D eigenvalue weighted by molar-refractivity contribution is 5.79. The number of para-hydroxylation sites is 3. The van der Waals surface area contributed by atoms with Crippen LogP contribution in [0.25, 0.3) is 11.0 Å². The number of imidazole rings is 1. The van der Waals surface area contributed by atoms with Crippen molar-refractivity contribution in [3.8, 4) is 11.5 Å². The first kappa shape index (κ1) is 22.4. The number of carbonyl (C=O) groups is 1. The standard InChI is InChI=1S/C27H29N3O3/c1-19-8-4-7-11-25(19)33-17-16-30-24-10-6-5-9-23(24)29-27(30)20(2)28-26(31)18-21-12-14-22(32-3)15-13-21/h4-15,20H,16-18H2,1-3H3,(H,28,31). The van der Waals surface area contributed by atoms with Gasteiger partial charge in [-0.3, -0.25) is 4.79 Å². The number of hydrogen-bond donors (Lipinski definition) is 1. The SMILES string of the molecule is COc1ccc(CC(=O)NC(C)c2nc3ccccc3n2CCOc2ccccc2C)cc1. The van der Waals surface area contributed by atoms with Crippen molar-refractivity contribution >= 4 is 16.9 Å². The third kappa shape index (κ3) is 5.34. The van der Waals surface area contributed by atoms with E-state index >= 15 is 0 Å². The fourth-order valence-corrected chi connectivity index (χ4v) is 3.91. The van der Waals surface area contributed by atoms with Crippen LogP contribution in [-0.2, 0) is 17.8 Å². The number of rotatable bonds is 9. The Morgan fingerprint density at radius 2 is 1.76 bits per heavy atom. The summed E-state index contributed by atoms with van der Waals surface area (Å²) in [5, 5.41) is 3.10. The molecule has 0 bridgehead atoms. The Hall–Kier alpha value is -3.80. The number of methoxy groups -OCH3 is 1. The summed E-state index contributed by atoms with van der Waals surface area (Å²) >= 11 is 0. The van der Waals surface area contributed by atoms with Gasteiger partial charge < -0.3 is 19.4 Å². The zero-order valence-corrected chi connectivity index (χ0v) is 19.2. The Morgan fingerprint density at radius 3 is 2.52 bits per heavy atom. The van der Waals surface area contributed by atoms with E-state index in [-0.39, 0.29) is 11.9 Å². The largest absolute Gasteiger partial charge is 0.497 e. The first-order chi connectivity index (χ1) is 16.0. The maximum absolute atomic E-state index is 12.7. The normalized spacial score (nSPS) is 11.8. The van der Waals surface area contributed by atoms with Crippen LogP contribution >= 0.6 is 0 Å². The lowest BCUT2D eigenvalue weighted by Crippen LogP contribution is -2.30. The van der Waals surface area contributed by atoms with Crippen molar-refractivity contribution in [1.82, 2.24) is 14.9 Å². The summed E-state index contributed by atoms with van der Waals surface area (Å²) in [5.41, 5.74) is 3.96. The third-order valence-electron chi connectivity index (χ3n) is 5.64. The quantitative estimate of drug-likeness (QED) is 0.402. The summed E-state index contributed by atoms with van der Waals surface area (Å²) in [6.45, 7) is 5.13. The number of carbonyl (C=O) groups excluding carboxylic acids is 1. The molecule has 0 spiro atoms. The smallest absolute Gasteiger partial charge is 0.224 e. The summed E-state index contributed by atoms with van der Waals surface area (Å²) in [5.74, 6) is 2.41. The Bertz CT molecular complexity index is 1230. The van der Waals surface area contributed by atoms with Crippen molar-refractivity contribution in [2.75, 3.05) is 13.7 Å². The number of nitrogens with zero attached hydrogens (tertiary/aromatic N) is 2. The van der Waals surface area contributed by atoms with Gasteiger partial charge in [-0.2, -0.15) is 0 Å². The van der Waals surface area contributed by atoms with Crippen molar-refractivity contribution in [2.45, 2.75) is 32.9 Å². The molecule has 0 aliphatic rings. The predicted octanol–water partition coefficient (Wildman–Crippen LogP) is 4.85. The third-order valence-corrected chi connectivity index (χ3v) is 5.64. The van der Waals surface area contributed by atoms with Crippen molar-refractivity contribution < 1.29 is 14.3 Å². The number of amides is 1. The summed E-state index contributed by atoms with van der Waals surface area (Å²) in [7, 11) is 1.63. The minimum absolute atomic E-state index is 0.0533. The van der Waals surface area contributed by atoms with Crippen LogP contribution in [0.2, 0.25) is 0 Å². The van der Waals surface area contributed by atoms with E-state index in [4.69, 9.17) is 14.5 Å². The molecule has 0 aliphatic heterocycles. The Balaban J connectivity index is 1.47. The summed E-state index contributed by atoms with van der Waals surface area (Å²) < 4.78 is 13.3. The molecule has 1 amide bonds. The van der Waals surface area contributed by atoms with Crippen molar-refractivity contribution in [1.29, 1.82) is 0 Å². The lowest BCUT2D eigenvalue weighted by atomic mass is 10.1. The van der Waals surface area contributed by atoms with Gasteiger partial charge in [0.1, 0.15) is 23.9 Å². The van der Waals surface area contributed by atoms with Crippen LogP contribution in [0.15, 0.2) is 72.8 Å². The van der Waals surface area contributed by atoms with Gasteiger partial charge in [0.25, 0.3) is 0 Å². The molecule has 33 heavy (non-hydrogen) atoms. The lowest BCUT2D eigenvalue weighted by Gasteiger charge is -2.17. The lowest BCUT2D eigenvalue weighted by molar-refractivity contribution is -0.121. The highest BCUT2D eigenvalue weighted by atomic mass is 16.5. The van der Waals surface area contributed by atoms with Crippen LogP contribution in [-0.4, -0.2) is 29.2 Å². The molecule has 1 N–H and O–H groups in total. The highest BCUT2D eigenvalue weighted by Gasteiger charge is 2.18. The number of aryl methyl sites for hydroxylation is 1. The number of aromatic nitrogens is 2. The van der Waals surface area contributed by atoms with Gasteiger partial charge in [-0.25, -0.2) is 4.98 Å². The Kier molecular flexibility index (Phi) is 6.93. The average Bonchev–Trinajstić information content (AvgIpc) is 3.19. The minimum atomic E-state index is -0.249. The maximum Gasteiger partial charge on any atom is 0.224 e. The van der Waals surface area contributed by atoms with E-state index in [0.717, 1.165) is 39.5 Å². The molecule has 3 aromatic carbocycles. The monoisotopic (exact) mass is 443 g/mol. The molecule has 0 saturated carbocycles. The van der Waals surface area contributed by atoms with Gasteiger partial charge in [-0.05, 0) is 55.3 Å². The number of nitrogens with one attached hydrogen (secondary N) is 1. The van der Waals surface area contributed by atoms with Gasteiger partial charge in [0.05, 0.1) is 37.2 Å². The van der Waals surface area contributed by atoms with Gasteiger partial charge in [-0.15, -0.1) is 0 Å². The van der Waals surface area contributed by atoms with E-state index in [9.17, 15) is 4.79 Å². The molecule has 1 atom stereocenters. The minimum Gasteiger partial charge on any atom is -0.497 e. The zero-order chi connectivity index (χ0) is 23.2. The second-order valence-corrected chi connectivity index (χ2v) is 8.04. The fourth-order valence-electron chi connectivity index (χ4n) is 3.91. The van der Waals surface area contributed by atoms with Crippen LogP contribution in [0.1, 0.15) is 29.9 Å². The van der Waals surface area contributed by atoms with Gasteiger partial charge >= 0.3 is 0 Å². The molecule has 1 unspecified atom stereocenters. The molecule has 6 heteroatoms. The number of benzene rings is 3. The van der Waals surface area contributed by atoms with Crippen molar-refractivity contribution in [2.24, 2.45) is 0 Å². The van der Waals surface area contributed by atoms with Crippen LogP contribution in [0.5, 0.6) is 11.5 Å². The van der Waals surface area contributed by atoms with E-state index in [1.165, 1.54) is 0 Å². The first-order valence-corrected chi connectivity index (χ1v) is 11.1. The van der Waals surface area contributed by atoms with Crippen molar-refractivity contribution in [3.05, 3.63) is 89.7 Å². The molecule has 170 valence electrons. The number of ether oxygens (including phenoxy) is 2. The predicted molar refractivity (Wildman–Crippen MR) is 130 cm³/mol. The summed E-state index contributed by atoms with van der Waals surface area (Å²) in [6.07, 6.45) is 0.297. The molecule has 4 aromatic rings. The van der Waals surface area contributed by atoms with Crippen LogP contribution < -0.4 is 14.8 Å². The highest BCUT2D eigenvalue weighted by Crippen LogP contribution is 2.22. The molecular weight excluding hydrogens is 414 g/mol. The van der Waals surface area contributed by atoms with Gasteiger partial charge in [0, 0.05) is 0 Å². The molecule has 0 fully saturated rings. The molecule has 6 nitrogen and oxygen atoms in total. The molecule has 0 aliphatic carbocycles. The number of fused-ring (bicyclic) bond motifs is 1. The molecule has 1 aromatic heterocycles. The van der Waals surface area contributed by atoms with E-state index < -0.39 is 0 Å². The van der Waals surface area contributed by atoms with Crippen LogP contribution in [0.4, 0.5) is 0 Å². The second-order valence-electron chi connectivity index (χ2n) is 8.04. The molecule has 1 heterocycles. The van der Waals surface area contributed by atoms with Gasteiger partial charge in [0.15, 0.2) is 0 Å². The topological polar surface area (TPSA) is 65.4 Å². The molecule has 0 saturated heterocycles. The maximum atomic E-state index is 12.7. The molecule has 4 rings (SSSR count). The van der Waals surface area contributed by atoms with Gasteiger partial charge in [-0.1, -0.05) is 42.5 Å². The molecule has 0 radical (unpaired) electrons. The average molecular weight is 444 g/mol. The van der Waals surface area contributed by atoms with Crippen molar-refractivity contribution in [3.63, 3.8) is 0 Å². The van der Waals surface area contributed by atoms with Gasteiger partial charge in [0.2, 0.25) is 5.91 Å². The van der Waals surface area contributed by atoms with E-state index in [2.05, 4.69) is 9.88 Å². The van der Waals surface area contributed by atoms with E-state index in [0.29, 0.717) is 19.6 Å². The number of hydrogen-bond acceptors (Lipinski definition) is 4. The van der Waals surface area contributed by atoms with E-state index in [1.807, 2.05) is 86.6 Å². The van der Waals surface area contributed by atoms with Crippen LogP contribution in [0.3, 0.4) is 0 Å². The summed E-state index contributed by atoms with van der Waals surface area (Å²) in [6, 6.07) is 23.3. The van der Waals surface area contributed by atoms with E-state index in [1.54, 1.807) is 7.11 Å². The van der Waals surface area contributed by atoms with Crippen LogP contribution in [0, 0.1) is 6.92 Å². The molecular formula is C27H29N3O3. The first-order valence-electron chi connectivity index (χ1n) is 11.1. The fraction of sp³-hybridized carbons (Fsp3) is 0.259. The zero-order valence-electron chi connectivity index (χ0n) is 19.2. The Morgan fingerprint density at radius 1 is 1.03 bits per heavy atom. The second kappa shape index (κ2) is 10.2. The Labute approximate surface area is 194 Å². The summed E-state index contributed by atoms with van der Waals surface area (Å²) in [4.78, 5) is 17.5.